The average Bonchev–Trinajstić information content (AvgIpc) is 2.63. The molecule has 5 nitrogen and oxygen atoms in total. The standard InChI is InChI=1S/C20H15N5/c1-14-11-19(18(13-22)16-5-3-2-4-6-16)25-20(23-14)24-17-9-7-15(12-21)8-10-17/h2-11,18H,1H3,(H,23,24,25). The molecule has 0 aliphatic carbocycles. The summed E-state index contributed by atoms with van der Waals surface area (Å²) in [5.74, 6) is -0.0275. The molecule has 0 radical (unpaired) electrons. The average molecular weight is 325 g/mol. The predicted octanol–water partition coefficient (Wildman–Crippen LogP) is 4.06. The van der Waals surface area contributed by atoms with E-state index in [1.807, 2.05) is 43.3 Å². The summed E-state index contributed by atoms with van der Waals surface area (Å²) in [7, 11) is 0. The zero-order valence-corrected chi connectivity index (χ0v) is 13.6. The lowest BCUT2D eigenvalue weighted by Crippen LogP contribution is -2.06. The van der Waals surface area contributed by atoms with Crippen molar-refractivity contribution in [2.45, 2.75) is 12.8 Å². The molecule has 3 rings (SSSR count). The highest BCUT2D eigenvalue weighted by Gasteiger charge is 2.16. The number of benzene rings is 2. The van der Waals surface area contributed by atoms with Crippen molar-refractivity contribution >= 4 is 11.6 Å². The van der Waals surface area contributed by atoms with Crippen molar-refractivity contribution in [3.8, 4) is 12.1 Å². The zero-order valence-electron chi connectivity index (χ0n) is 13.6. The highest BCUT2D eigenvalue weighted by atomic mass is 15.1. The van der Waals surface area contributed by atoms with Gasteiger partial charge in [0, 0.05) is 11.4 Å². The summed E-state index contributed by atoms with van der Waals surface area (Å²) >= 11 is 0. The summed E-state index contributed by atoms with van der Waals surface area (Å²) in [6.07, 6.45) is 0. The quantitative estimate of drug-likeness (QED) is 0.782. The van der Waals surface area contributed by atoms with Crippen LogP contribution >= 0.6 is 0 Å². The molecule has 0 aliphatic heterocycles. The first-order chi connectivity index (χ1) is 12.2. The second-order valence-electron chi connectivity index (χ2n) is 5.54. The van der Waals surface area contributed by atoms with Crippen molar-refractivity contribution < 1.29 is 0 Å². The van der Waals surface area contributed by atoms with Crippen LogP contribution in [0.4, 0.5) is 11.6 Å². The van der Waals surface area contributed by atoms with Crippen LogP contribution < -0.4 is 5.32 Å². The maximum atomic E-state index is 9.60. The van der Waals surface area contributed by atoms with E-state index in [0.29, 0.717) is 17.2 Å². The van der Waals surface area contributed by atoms with Gasteiger partial charge in [0.15, 0.2) is 0 Å². The molecule has 1 aromatic heterocycles. The SMILES string of the molecule is Cc1cc(C(C#N)c2ccccc2)nc(Nc2ccc(C#N)cc2)n1. The monoisotopic (exact) mass is 325 g/mol. The molecule has 120 valence electrons. The van der Waals surface area contributed by atoms with Gasteiger partial charge in [0.25, 0.3) is 0 Å². The van der Waals surface area contributed by atoms with Gasteiger partial charge in [-0.2, -0.15) is 10.5 Å². The fourth-order valence-corrected chi connectivity index (χ4v) is 2.51. The fourth-order valence-electron chi connectivity index (χ4n) is 2.51. The summed E-state index contributed by atoms with van der Waals surface area (Å²) < 4.78 is 0. The van der Waals surface area contributed by atoms with E-state index in [1.54, 1.807) is 24.3 Å². The van der Waals surface area contributed by atoms with Gasteiger partial charge in [-0.15, -0.1) is 0 Å². The van der Waals surface area contributed by atoms with Crippen LogP contribution in [0.5, 0.6) is 0 Å². The molecule has 0 bridgehead atoms. The van der Waals surface area contributed by atoms with Gasteiger partial charge in [-0.1, -0.05) is 30.3 Å². The molecule has 1 atom stereocenters. The molecule has 5 heteroatoms. The van der Waals surface area contributed by atoms with Crippen LogP contribution in [0.3, 0.4) is 0 Å². The van der Waals surface area contributed by atoms with Crippen LogP contribution in [0.2, 0.25) is 0 Å². The molecule has 1 N–H and O–H groups in total. The molecule has 1 heterocycles. The number of rotatable bonds is 4. The third kappa shape index (κ3) is 3.80. The summed E-state index contributed by atoms with van der Waals surface area (Å²) in [5.41, 5.74) is 3.69. The Bertz CT molecular complexity index is 950. The largest absolute Gasteiger partial charge is 0.324 e. The first-order valence-corrected chi connectivity index (χ1v) is 7.77. The second-order valence-corrected chi connectivity index (χ2v) is 5.54. The minimum Gasteiger partial charge on any atom is -0.324 e. The molecule has 0 aliphatic rings. The molecule has 25 heavy (non-hydrogen) atoms. The normalized spacial score (nSPS) is 11.2. The predicted molar refractivity (Wildman–Crippen MR) is 95.1 cm³/mol. The molecule has 0 fully saturated rings. The third-order valence-electron chi connectivity index (χ3n) is 3.70. The molecule has 3 aromatic rings. The molecule has 0 saturated carbocycles. The first-order valence-electron chi connectivity index (χ1n) is 7.77. The number of anilines is 2. The van der Waals surface area contributed by atoms with Crippen molar-refractivity contribution in [2.24, 2.45) is 0 Å². The van der Waals surface area contributed by atoms with Crippen molar-refractivity contribution in [3.63, 3.8) is 0 Å². The van der Waals surface area contributed by atoms with Crippen LogP contribution in [-0.4, -0.2) is 9.97 Å². The van der Waals surface area contributed by atoms with E-state index in [1.165, 1.54) is 0 Å². The summed E-state index contributed by atoms with van der Waals surface area (Å²) in [4.78, 5) is 8.89. The molecule has 0 amide bonds. The van der Waals surface area contributed by atoms with Crippen molar-refractivity contribution in [1.29, 1.82) is 10.5 Å². The van der Waals surface area contributed by atoms with Gasteiger partial charge >= 0.3 is 0 Å². The molecular weight excluding hydrogens is 310 g/mol. The highest BCUT2D eigenvalue weighted by Crippen LogP contribution is 2.24. The number of nitrogens with one attached hydrogen (secondary N) is 1. The van der Waals surface area contributed by atoms with Crippen molar-refractivity contribution in [1.82, 2.24) is 9.97 Å². The van der Waals surface area contributed by atoms with Crippen LogP contribution in [0.1, 0.15) is 28.4 Å². The molecule has 2 aromatic carbocycles. The van der Waals surface area contributed by atoms with Crippen LogP contribution in [-0.2, 0) is 0 Å². The number of hydrogen-bond acceptors (Lipinski definition) is 5. The van der Waals surface area contributed by atoms with E-state index in [4.69, 9.17) is 5.26 Å². The number of aromatic nitrogens is 2. The van der Waals surface area contributed by atoms with Gasteiger partial charge in [0.05, 0.1) is 23.4 Å². The van der Waals surface area contributed by atoms with E-state index in [2.05, 4.69) is 27.4 Å². The summed E-state index contributed by atoms with van der Waals surface area (Å²) in [6.45, 7) is 1.87. The van der Waals surface area contributed by atoms with Crippen molar-refractivity contribution in [3.05, 3.63) is 83.2 Å². The lowest BCUT2D eigenvalue weighted by atomic mass is 9.97. The lowest BCUT2D eigenvalue weighted by Gasteiger charge is -2.12. The fraction of sp³-hybridized carbons (Fsp3) is 0.100. The summed E-state index contributed by atoms with van der Waals surface area (Å²) in [5, 5.41) is 21.6. The lowest BCUT2D eigenvalue weighted by molar-refractivity contribution is 0.935. The van der Waals surface area contributed by atoms with E-state index >= 15 is 0 Å². The van der Waals surface area contributed by atoms with Gasteiger partial charge in [0.2, 0.25) is 5.95 Å². The number of nitrogens with zero attached hydrogens (tertiary/aromatic N) is 4. The van der Waals surface area contributed by atoms with Crippen LogP contribution in [0.25, 0.3) is 0 Å². The number of aryl methyl sites for hydroxylation is 1. The molecule has 1 unspecified atom stereocenters. The Hall–Kier alpha value is -3.70. The molecule has 0 spiro atoms. The van der Waals surface area contributed by atoms with E-state index in [9.17, 15) is 5.26 Å². The van der Waals surface area contributed by atoms with E-state index in [-0.39, 0.29) is 0 Å². The maximum Gasteiger partial charge on any atom is 0.227 e. The Morgan fingerprint density at radius 2 is 1.68 bits per heavy atom. The minimum absolute atomic E-state index is 0.427. The minimum atomic E-state index is -0.454. The first kappa shape index (κ1) is 16.2. The van der Waals surface area contributed by atoms with Gasteiger partial charge in [0.1, 0.15) is 5.92 Å². The Kier molecular flexibility index (Phi) is 4.69. The molecular formula is C20H15N5. The Morgan fingerprint density at radius 1 is 0.960 bits per heavy atom. The van der Waals surface area contributed by atoms with Gasteiger partial charge in [-0.3, -0.25) is 0 Å². The van der Waals surface area contributed by atoms with Gasteiger partial charge < -0.3 is 5.32 Å². The molecule has 0 saturated heterocycles. The van der Waals surface area contributed by atoms with Gasteiger partial charge in [-0.05, 0) is 42.8 Å². The zero-order chi connectivity index (χ0) is 17.6. The third-order valence-corrected chi connectivity index (χ3v) is 3.70. The van der Waals surface area contributed by atoms with Crippen LogP contribution in [0.15, 0.2) is 60.7 Å². The van der Waals surface area contributed by atoms with Gasteiger partial charge in [-0.25, -0.2) is 9.97 Å². The number of nitriles is 2. The van der Waals surface area contributed by atoms with Crippen LogP contribution in [0, 0.1) is 29.6 Å². The van der Waals surface area contributed by atoms with E-state index < -0.39 is 5.92 Å². The summed E-state index contributed by atoms with van der Waals surface area (Å²) in [6, 6.07) is 22.8. The Balaban J connectivity index is 1.92. The van der Waals surface area contributed by atoms with Crippen molar-refractivity contribution in [2.75, 3.05) is 5.32 Å². The maximum absolute atomic E-state index is 9.60. The Morgan fingerprint density at radius 3 is 2.32 bits per heavy atom. The van der Waals surface area contributed by atoms with E-state index in [0.717, 1.165) is 16.9 Å². The number of hydrogen-bond donors (Lipinski definition) is 1. The smallest absolute Gasteiger partial charge is 0.227 e. The topological polar surface area (TPSA) is 85.4 Å². The second kappa shape index (κ2) is 7.25. The highest BCUT2D eigenvalue weighted by molar-refractivity contribution is 5.55. The Labute approximate surface area is 146 Å².